The summed E-state index contributed by atoms with van der Waals surface area (Å²) >= 11 is 0. The molecule has 0 aromatic carbocycles. The van der Waals surface area contributed by atoms with Crippen LogP contribution in [-0.2, 0) is 4.79 Å². The van der Waals surface area contributed by atoms with Gasteiger partial charge in [-0.3, -0.25) is 9.48 Å². The molecule has 23 heavy (non-hydrogen) atoms. The van der Waals surface area contributed by atoms with Gasteiger partial charge in [-0.2, -0.15) is 5.10 Å². The molecule has 0 spiro atoms. The first kappa shape index (κ1) is 16.2. The summed E-state index contributed by atoms with van der Waals surface area (Å²) in [5, 5.41) is 11.4. The predicted molar refractivity (Wildman–Crippen MR) is 91.0 cm³/mol. The quantitative estimate of drug-likeness (QED) is 0.840. The van der Waals surface area contributed by atoms with Gasteiger partial charge in [0.25, 0.3) is 0 Å². The van der Waals surface area contributed by atoms with E-state index >= 15 is 0 Å². The second kappa shape index (κ2) is 6.87. The molecule has 126 valence electrons. The lowest BCUT2D eigenvalue weighted by atomic mass is 9.91. The Kier molecular flexibility index (Phi) is 4.85. The van der Waals surface area contributed by atoms with Crippen LogP contribution in [0.3, 0.4) is 0 Å². The Morgan fingerprint density at radius 3 is 2.87 bits per heavy atom. The number of nitrogens with zero attached hydrogens (tertiary/aromatic N) is 2. The van der Waals surface area contributed by atoms with Crippen LogP contribution in [0.4, 0.5) is 0 Å². The third-order valence-corrected chi connectivity index (χ3v) is 5.00. The minimum atomic E-state index is 0.00755. The van der Waals surface area contributed by atoms with Gasteiger partial charge in [0.1, 0.15) is 0 Å². The normalized spacial score (nSPS) is 28.6. The molecule has 2 heterocycles. The highest BCUT2D eigenvalue weighted by Gasteiger charge is 2.33. The van der Waals surface area contributed by atoms with E-state index in [0.717, 1.165) is 18.5 Å². The maximum atomic E-state index is 12.0. The fourth-order valence-electron chi connectivity index (χ4n) is 3.68. The van der Waals surface area contributed by atoms with Crippen LogP contribution in [0.25, 0.3) is 0 Å². The van der Waals surface area contributed by atoms with E-state index in [2.05, 4.69) is 42.6 Å². The summed E-state index contributed by atoms with van der Waals surface area (Å²) in [6.07, 6.45) is 9.11. The van der Waals surface area contributed by atoms with E-state index in [9.17, 15) is 4.79 Å². The highest BCUT2D eigenvalue weighted by Crippen LogP contribution is 2.28. The molecule has 5 heteroatoms. The van der Waals surface area contributed by atoms with Crippen LogP contribution < -0.4 is 10.6 Å². The molecule has 0 saturated carbocycles. The molecule has 1 amide bonds. The van der Waals surface area contributed by atoms with Crippen molar-refractivity contribution in [3.05, 3.63) is 29.6 Å². The number of amides is 1. The Balaban J connectivity index is 1.77. The van der Waals surface area contributed by atoms with Crippen molar-refractivity contribution in [1.29, 1.82) is 0 Å². The molecule has 0 bridgehead atoms. The van der Waals surface area contributed by atoms with Crippen LogP contribution >= 0.6 is 0 Å². The molecular formula is C18H28N4O. The number of carbonyl (C=O) groups excluding carboxylic acids is 1. The van der Waals surface area contributed by atoms with Crippen LogP contribution in [0.1, 0.15) is 70.7 Å². The van der Waals surface area contributed by atoms with Crippen molar-refractivity contribution >= 4 is 5.91 Å². The van der Waals surface area contributed by atoms with Gasteiger partial charge in [0.2, 0.25) is 5.91 Å². The Hall–Kier alpha value is -1.62. The molecule has 1 aliphatic carbocycles. The zero-order valence-corrected chi connectivity index (χ0v) is 14.4. The van der Waals surface area contributed by atoms with Crippen LogP contribution in [0, 0.1) is 0 Å². The average Bonchev–Trinajstić information content (AvgIpc) is 3.01. The molecule has 1 aromatic heterocycles. The number of aromatic nitrogens is 2. The summed E-state index contributed by atoms with van der Waals surface area (Å²) < 4.78 is 2.02. The lowest BCUT2D eigenvalue weighted by Crippen LogP contribution is -2.52. The van der Waals surface area contributed by atoms with E-state index in [0.29, 0.717) is 18.5 Å². The maximum absolute atomic E-state index is 12.0. The summed E-state index contributed by atoms with van der Waals surface area (Å²) in [6, 6.07) is 3.12. The lowest BCUT2D eigenvalue weighted by Gasteiger charge is -2.37. The van der Waals surface area contributed by atoms with Crippen molar-refractivity contribution in [1.82, 2.24) is 20.4 Å². The smallest absolute Gasteiger partial charge is 0.220 e. The number of nitrogens with one attached hydrogen (secondary N) is 2. The number of rotatable bonds is 4. The monoisotopic (exact) mass is 316 g/mol. The van der Waals surface area contributed by atoms with Gasteiger partial charge in [-0.15, -0.1) is 0 Å². The molecule has 5 nitrogen and oxygen atoms in total. The Bertz CT molecular complexity index is 590. The van der Waals surface area contributed by atoms with E-state index in [4.69, 9.17) is 0 Å². The summed E-state index contributed by atoms with van der Waals surface area (Å²) in [4.78, 5) is 12.0. The summed E-state index contributed by atoms with van der Waals surface area (Å²) in [6.45, 7) is 6.46. The molecule has 1 aliphatic heterocycles. The predicted octanol–water partition coefficient (Wildman–Crippen LogP) is 2.87. The summed E-state index contributed by atoms with van der Waals surface area (Å²) in [5.41, 5.74) is 2.60. The molecule has 0 radical (unpaired) electrons. The van der Waals surface area contributed by atoms with E-state index in [1.54, 1.807) is 0 Å². The van der Waals surface area contributed by atoms with Crippen molar-refractivity contribution in [3.8, 4) is 0 Å². The van der Waals surface area contributed by atoms with Crippen LogP contribution in [0.5, 0.6) is 0 Å². The van der Waals surface area contributed by atoms with E-state index in [-0.39, 0.29) is 18.0 Å². The Labute approximate surface area is 138 Å². The minimum Gasteiger partial charge on any atom is -0.346 e. The second-order valence-corrected chi connectivity index (χ2v) is 7.17. The molecule has 1 aromatic rings. The fraction of sp³-hybridized carbons (Fsp3) is 0.667. The van der Waals surface area contributed by atoms with E-state index < -0.39 is 0 Å². The SMILES string of the molecule is CC1=CCC(N[C@@H]2CCC(=O)N[C@H]2c2ccnn2C(C)C)CC1. The third-order valence-electron chi connectivity index (χ3n) is 5.00. The average molecular weight is 316 g/mol. The number of hydrogen-bond acceptors (Lipinski definition) is 3. The molecular weight excluding hydrogens is 288 g/mol. The number of piperidine rings is 1. The van der Waals surface area contributed by atoms with Gasteiger partial charge >= 0.3 is 0 Å². The Morgan fingerprint density at radius 2 is 2.17 bits per heavy atom. The molecule has 3 atom stereocenters. The number of hydrogen-bond donors (Lipinski definition) is 2. The fourth-order valence-corrected chi connectivity index (χ4v) is 3.68. The third kappa shape index (κ3) is 3.66. The first-order valence-electron chi connectivity index (χ1n) is 8.79. The van der Waals surface area contributed by atoms with Crippen LogP contribution in [0.2, 0.25) is 0 Å². The first-order chi connectivity index (χ1) is 11.0. The van der Waals surface area contributed by atoms with Gasteiger partial charge in [-0.1, -0.05) is 11.6 Å². The zero-order chi connectivity index (χ0) is 16.4. The van der Waals surface area contributed by atoms with Gasteiger partial charge in [0.15, 0.2) is 0 Å². The van der Waals surface area contributed by atoms with Crippen molar-refractivity contribution in [2.24, 2.45) is 0 Å². The molecule has 2 aliphatic rings. The van der Waals surface area contributed by atoms with Gasteiger partial charge < -0.3 is 10.6 Å². The lowest BCUT2D eigenvalue weighted by molar-refractivity contribution is -0.124. The Morgan fingerprint density at radius 1 is 1.35 bits per heavy atom. The maximum Gasteiger partial charge on any atom is 0.220 e. The topological polar surface area (TPSA) is 59.0 Å². The summed E-state index contributed by atoms with van der Waals surface area (Å²) in [7, 11) is 0. The molecule has 2 N–H and O–H groups in total. The van der Waals surface area contributed by atoms with E-state index in [1.165, 1.54) is 18.4 Å². The van der Waals surface area contributed by atoms with Gasteiger partial charge in [0.05, 0.1) is 11.7 Å². The minimum absolute atomic E-state index is 0.00755. The number of allylic oxidation sites excluding steroid dienone is 1. The van der Waals surface area contributed by atoms with Crippen molar-refractivity contribution in [2.45, 2.75) is 77.0 Å². The van der Waals surface area contributed by atoms with Crippen molar-refractivity contribution in [3.63, 3.8) is 0 Å². The first-order valence-corrected chi connectivity index (χ1v) is 8.79. The summed E-state index contributed by atoms with van der Waals surface area (Å²) in [5.74, 6) is 0.143. The van der Waals surface area contributed by atoms with Crippen LogP contribution in [0.15, 0.2) is 23.9 Å². The zero-order valence-electron chi connectivity index (χ0n) is 14.4. The van der Waals surface area contributed by atoms with Crippen molar-refractivity contribution < 1.29 is 4.79 Å². The standard InChI is InChI=1S/C18H28N4O/c1-12(2)22-16(10-11-19-22)18-15(8-9-17(23)21-18)20-14-6-4-13(3)5-7-14/h4,10-12,14-15,18,20H,5-9H2,1-3H3,(H,21,23)/t14?,15-,18-/m1/s1. The van der Waals surface area contributed by atoms with Gasteiger partial charge in [-0.25, -0.2) is 0 Å². The largest absolute Gasteiger partial charge is 0.346 e. The van der Waals surface area contributed by atoms with Gasteiger partial charge in [-0.05, 0) is 52.5 Å². The molecule has 3 rings (SSSR count). The molecule has 1 saturated heterocycles. The highest BCUT2D eigenvalue weighted by molar-refractivity contribution is 5.77. The van der Waals surface area contributed by atoms with Crippen LogP contribution in [-0.4, -0.2) is 27.8 Å². The molecule has 1 fully saturated rings. The highest BCUT2D eigenvalue weighted by atomic mass is 16.1. The second-order valence-electron chi connectivity index (χ2n) is 7.17. The van der Waals surface area contributed by atoms with Crippen molar-refractivity contribution in [2.75, 3.05) is 0 Å². The molecule has 1 unspecified atom stereocenters. The number of carbonyl (C=O) groups is 1. The van der Waals surface area contributed by atoms with Gasteiger partial charge in [0, 0.05) is 30.7 Å². The van der Waals surface area contributed by atoms with E-state index in [1.807, 2.05) is 16.9 Å².